The molecule has 0 bridgehead atoms. The normalized spacial score (nSPS) is 13.9. The third-order valence-corrected chi connectivity index (χ3v) is 4.73. The van der Waals surface area contributed by atoms with Crippen LogP contribution in [0.4, 0.5) is 0 Å². The number of amides is 1. The maximum Gasteiger partial charge on any atom is 0.262 e. The number of rotatable bonds is 7. The van der Waals surface area contributed by atoms with E-state index in [2.05, 4.69) is 16.9 Å². The minimum absolute atomic E-state index is 0.0190. The molecule has 1 aliphatic carbocycles. The van der Waals surface area contributed by atoms with Gasteiger partial charge >= 0.3 is 0 Å². The van der Waals surface area contributed by atoms with E-state index in [1.54, 1.807) is 16.7 Å². The minimum atomic E-state index is -0.101. The standard InChI is InChI=1S/C17H19N3O2S/c1-2-9-20-16(22)13-5-3-4-6-14(13)19-17(20)23-11-15(21)18-10-12-7-8-12/h2-6,12H,1,7-11H2,(H,18,21). The molecule has 0 aliphatic heterocycles. The second kappa shape index (κ2) is 7.00. The molecule has 1 heterocycles. The summed E-state index contributed by atoms with van der Waals surface area (Å²) < 4.78 is 1.56. The first-order valence-electron chi connectivity index (χ1n) is 7.69. The summed E-state index contributed by atoms with van der Waals surface area (Å²) >= 11 is 1.29. The zero-order valence-corrected chi connectivity index (χ0v) is 13.6. The molecule has 1 aromatic heterocycles. The summed E-state index contributed by atoms with van der Waals surface area (Å²) in [6.07, 6.45) is 4.08. The molecular weight excluding hydrogens is 310 g/mol. The highest BCUT2D eigenvalue weighted by atomic mass is 32.2. The second-order valence-corrected chi connectivity index (χ2v) is 6.59. The van der Waals surface area contributed by atoms with Crippen LogP contribution in [0.3, 0.4) is 0 Å². The highest BCUT2D eigenvalue weighted by molar-refractivity contribution is 7.99. The molecule has 1 saturated carbocycles. The predicted octanol–water partition coefficient (Wildman–Crippen LogP) is 2.20. The first-order valence-corrected chi connectivity index (χ1v) is 8.67. The summed E-state index contributed by atoms with van der Waals surface area (Å²) in [4.78, 5) is 29.0. The van der Waals surface area contributed by atoms with Crippen molar-refractivity contribution in [2.45, 2.75) is 24.5 Å². The van der Waals surface area contributed by atoms with E-state index in [4.69, 9.17) is 0 Å². The summed E-state index contributed by atoms with van der Waals surface area (Å²) in [6, 6.07) is 7.25. The number of benzene rings is 1. The number of allylic oxidation sites excluding steroid dienone is 1. The van der Waals surface area contributed by atoms with Crippen LogP contribution in [0.1, 0.15) is 12.8 Å². The van der Waals surface area contributed by atoms with Gasteiger partial charge in [-0.25, -0.2) is 4.98 Å². The zero-order valence-electron chi connectivity index (χ0n) is 12.8. The molecule has 6 heteroatoms. The third-order valence-electron chi connectivity index (χ3n) is 3.76. The Labute approximate surface area is 138 Å². The summed E-state index contributed by atoms with van der Waals surface area (Å²) in [6.45, 7) is 4.82. The van der Waals surface area contributed by atoms with Crippen LogP contribution in [-0.2, 0) is 11.3 Å². The predicted molar refractivity (Wildman–Crippen MR) is 92.7 cm³/mol. The molecule has 0 unspecified atom stereocenters. The smallest absolute Gasteiger partial charge is 0.262 e. The largest absolute Gasteiger partial charge is 0.355 e. The summed E-state index contributed by atoms with van der Waals surface area (Å²) in [5.41, 5.74) is 0.551. The number of carbonyl (C=O) groups is 1. The molecule has 1 amide bonds. The van der Waals surface area contributed by atoms with Crippen molar-refractivity contribution in [1.82, 2.24) is 14.9 Å². The van der Waals surface area contributed by atoms with Gasteiger partial charge in [0.05, 0.1) is 16.7 Å². The Morgan fingerprint density at radius 2 is 2.22 bits per heavy atom. The molecule has 0 atom stereocenters. The number of para-hydroxylation sites is 1. The van der Waals surface area contributed by atoms with Gasteiger partial charge in [0.2, 0.25) is 5.91 Å². The lowest BCUT2D eigenvalue weighted by atomic mass is 10.2. The van der Waals surface area contributed by atoms with Crippen molar-refractivity contribution in [3.8, 4) is 0 Å². The first-order chi connectivity index (χ1) is 11.2. The van der Waals surface area contributed by atoms with E-state index in [-0.39, 0.29) is 17.2 Å². The van der Waals surface area contributed by atoms with Gasteiger partial charge in [-0.3, -0.25) is 14.2 Å². The lowest BCUT2D eigenvalue weighted by Crippen LogP contribution is -2.28. The molecule has 0 saturated heterocycles. The Bertz CT molecular complexity index is 796. The van der Waals surface area contributed by atoms with Crippen LogP contribution in [0.5, 0.6) is 0 Å². The van der Waals surface area contributed by atoms with Crippen LogP contribution < -0.4 is 10.9 Å². The van der Waals surface area contributed by atoms with Gasteiger partial charge in [0.15, 0.2) is 5.16 Å². The average Bonchev–Trinajstić information content (AvgIpc) is 3.38. The van der Waals surface area contributed by atoms with E-state index in [9.17, 15) is 9.59 Å². The van der Waals surface area contributed by atoms with E-state index < -0.39 is 0 Å². The number of nitrogens with zero attached hydrogens (tertiary/aromatic N) is 2. The van der Waals surface area contributed by atoms with Crippen molar-refractivity contribution in [2.75, 3.05) is 12.3 Å². The van der Waals surface area contributed by atoms with Crippen molar-refractivity contribution in [3.05, 3.63) is 47.3 Å². The van der Waals surface area contributed by atoms with Crippen LogP contribution in [0.25, 0.3) is 10.9 Å². The van der Waals surface area contributed by atoms with Gasteiger partial charge in [-0.1, -0.05) is 30.0 Å². The Hall–Kier alpha value is -2.08. The Balaban J connectivity index is 1.80. The molecule has 0 radical (unpaired) electrons. The fourth-order valence-corrected chi connectivity index (χ4v) is 3.15. The number of fused-ring (bicyclic) bond motifs is 1. The number of hydrogen-bond acceptors (Lipinski definition) is 4. The first kappa shape index (κ1) is 15.8. The minimum Gasteiger partial charge on any atom is -0.355 e. The molecule has 1 N–H and O–H groups in total. The number of thioether (sulfide) groups is 1. The van der Waals surface area contributed by atoms with Gasteiger partial charge in [0.1, 0.15) is 0 Å². The van der Waals surface area contributed by atoms with Crippen molar-refractivity contribution < 1.29 is 4.79 Å². The summed E-state index contributed by atoms with van der Waals surface area (Å²) in [5, 5.41) is 4.05. The van der Waals surface area contributed by atoms with Gasteiger partial charge in [-0.15, -0.1) is 6.58 Å². The Morgan fingerprint density at radius 3 is 2.96 bits per heavy atom. The fraction of sp³-hybridized carbons (Fsp3) is 0.353. The van der Waals surface area contributed by atoms with E-state index in [0.29, 0.717) is 28.5 Å². The third kappa shape index (κ3) is 3.82. The summed E-state index contributed by atoms with van der Waals surface area (Å²) in [7, 11) is 0. The van der Waals surface area contributed by atoms with Gasteiger partial charge in [-0.05, 0) is 30.9 Å². The number of hydrogen-bond donors (Lipinski definition) is 1. The molecule has 5 nitrogen and oxygen atoms in total. The van der Waals surface area contributed by atoms with Gasteiger partial charge in [-0.2, -0.15) is 0 Å². The molecule has 23 heavy (non-hydrogen) atoms. The molecular formula is C17H19N3O2S. The Morgan fingerprint density at radius 1 is 1.43 bits per heavy atom. The van der Waals surface area contributed by atoms with Crippen LogP contribution >= 0.6 is 11.8 Å². The van der Waals surface area contributed by atoms with Gasteiger partial charge < -0.3 is 5.32 Å². The average molecular weight is 329 g/mol. The highest BCUT2D eigenvalue weighted by Gasteiger charge is 2.21. The van der Waals surface area contributed by atoms with Gasteiger partial charge in [0.25, 0.3) is 5.56 Å². The van der Waals surface area contributed by atoms with Crippen LogP contribution in [0.15, 0.2) is 46.9 Å². The van der Waals surface area contributed by atoms with E-state index >= 15 is 0 Å². The van der Waals surface area contributed by atoms with Crippen molar-refractivity contribution in [1.29, 1.82) is 0 Å². The van der Waals surface area contributed by atoms with E-state index in [0.717, 1.165) is 6.54 Å². The maximum atomic E-state index is 12.6. The number of aromatic nitrogens is 2. The number of nitrogens with one attached hydrogen (secondary N) is 1. The molecule has 1 fully saturated rings. The molecule has 2 aromatic rings. The van der Waals surface area contributed by atoms with Gasteiger partial charge in [0, 0.05) is 13.1 Å². The van der Waals surface area contributed by atoms with E-state index in [1.165, 1.54) is 24.6 Å². The molecule has 3 rings (SSSR count). The fourth-order valence-electron chi connectivity index (χ4n) is 2.31. The zero-order chi connectivity index (χ0) is 16.2. The van der Waals surface area contributed by atoms with E-state index in [1.807, 2.05) is 18.2 Å². The molecule has 1 aromatic carbocycles. The molecule has 0 spiro atoms. The lowest BCUT2D eigenvalue weighted by molar-refractivity contribution is -0.118. The van der Waals surface area contributed by atoms with Crippen LogP contribution in [0.2, 0.25) is 0 Å². The lowest BCUT2D eigenvalue weighted by Gasteiger charge is -2.11. The Kier molecular flexibility index (Phi) is 4.81. The second-order valence-electron chi connectivity index (χ2n) is 5.65. The van der Waals surface area contributed by atoms with Crippen molar-refractivity contribution in [3.63, 3.8) is 0 Å². The number of carbonyl (C=O) groups excluding carboxylic acids is 1. The van der Waals surface area contributed by atoms with Crippen LogP contribution in [0, 0.1) is 5.92 Å². The molecule has 1 aliphatic rings. The topological polar surface area (TPSA) is 64.0 Å². The quantitative estimate of drug-likeness (QED) is 0.480. The van der Waals surface area contributed by atoms with Crippen molar-refractivity contribution >= 4 is 28.6 Å². The monoisotopic (exact) mass is 329 g/mol. The maximum absolute atomic E-state index is 12.6. The molecule has 120 valence electrons. The summed E-state index contributed by atoms with van der Waals surface area (Å²) in [5.74, 6) is 0.894. The van der Waals surface area contributed by atoms with Crippen LogP contribution in [-0.4, -0.2) is 27.8 Å². The SMILES string of the molecule is C=CCn1c(SCC(=O)NCC2CC2)nc2ccccc2c1=O. The highest BCUT2D eigenvalue weighted by Crippen LogP contribution is 2.27. The van der Waals surface area contributed by atoms with Crippen molar-refractivity contribution in [2.24, 2.45) is 5.92 Å².